The Kier molecular flexibility index (Phi) is 7.01. The molecule has 1 atom stereocenters. The molecular formula is C20H24N2O3. The quantitative estimate of drug-likeness (QED) is 0.776. The number of carbonyl (C=O) groups excluding carboxylic acids is 2. The zero-order chi connectivity index (χ0) is 18.1. The van der Waals surface area contributed by atoms with Crippen LogP contribution >= 0.6 is 0 Å². The van der Waals surface area contributed by atoms with Crippen molar-refractivity contribution in [2.75, 3.05) is 6.61 Å². The average molecular weight is 340 g/mol. The van der Waals surface area contributed by atoms with Crippen molar-refractivity contribution in [3.05, 3.63) is 66.2 Å². The van der Waals surface area contributed by atoms with E-state index < -0.39 is 6.04 Å². The molecule has 2 amide bonds. The Hall–Kier alpha value is -2.82. The molecule has 0 fully saturated rings. The molecule has 2 rings (SSSR count). The molecular weight excluding hydrogens is 316 g/mol. The minimum absolute atomic E-state index is 0.0311. The van der Waals surface area contributed by atoms with Crippen molar-refractivity contribution in [3.8, 4) is 5.75 Å². The first-order valence-electron chi connectivity index (χ1n) is 8.35. The third kappa shape index (κ3) is 6.30. The van der Waals surface area contributed by atoms with Crippen molar-refractivity contribution in [1.82, 2.24) is 10.6 Å². The maximum absolute atomic E-state index is 12.4. The van der Waals surface area contributed by atoms with Crippen LogP contribution in [0.5, 0.6) is 5.75 Å². The van der Waals surface area contributed by atoms with Gasteiger partial charge in [0.25, 0.3) is 5.91 Å². The highest BCUT2D eigenvalue weighted by molar-refractivity contribution is 5.88. The van der Waals surface area contributed by atoms with Crippen molar-refractivity contribution in [3.63, 3.8) is 0 Å². The largest absolute Gasteiger partial charge is 0.484 e. The lowest BCUT2D eigenvalue weighted by atomic mass is 10.0. The van der Waals surface area contributed by atoms with Gasteiger partial charge < -0.3 is 15.4 Å². The van der Waals surface area contributed by atoms with E-state index in [-0.39, 0.29) is 24.3 Å². The summed E-state index contributed by atoms with van der Waals surface area (Å²) in [6, 6.07) is 18.1. The number of hydrogen-bond donors (Lipinski definition) is 2. The molecule has 0 aliphatic rings. The minimum atomic E-state index is -0.601. The summed E-state index contributed by atoms with van der Waals surface area (Å²) >= 11 is 0. The Bertz CT molecular complexity index is 672. The van der Waals surface area contributed by atoms with Crippen LogP contribution in [0.2, 0.25) is 0 Å². The summed E-state index contributed by atoms with van der Waals surface area (Å²) in [5, 5.41) is 5.61. The lowest BCUT2D eigenvalue weighted by Crippen LogP contribution is -2.50. The highest BCUT2D eigenvalue weighted by Gasteiger charge is 2.24. The normalized spacial score (nSPS) is 11.6. The molecule has 5 nitrogen and oxygen atoms in total. The van der Waals surface area contributed by atoms with E-state index in [2.05, 4.69) is 10.6 Å². The number of benzene rings is 2. The lowest BCUT2D eigenvalue weighted by Gasteiger charge is -2.21. The van der Waals surface area contributed by atoms with Crippen LogP contribution in [0, 0.1) is 5.92 Å². The van der Waals surface area contributed by atoms with E-state index in [0.29, 0.717) is 12.3 Å². The molecule has 2 aromatic carbocycles. The van der Waals surface area contributed by atoms with Gasteiger partial charge in [-0.3, -0.25) is 9.59 Å². The average Bonchev–Trinajstić information content (AvgIpc) is 2.64. The summed E-state index contributed by atoms with van der Waals surface area (Å²) in [4.78, 5) is 24.5. The van der Waals surface area contributed by atoms with E-state index in [1.807, 2.05) is 62.4 Å². The summed E-state index contributed by atoms with van der Waals surface area (Å²) in [5.74, 6) is 0.0630. The maximum Gasteiger partial charge on any atom is 0.258 e. The van der Waals surface area contributed by atoms with Crippen LogP contribution in [-0.2, 0) is 16.1 Å². The molecule has 0 aromatic heterocycles. The second kappa shape index (κ2) is 9.47. The van der Waals surface area contributed by atoms with Crippen molar-refractivity contribution in [2.24, 2.45) is 5.92 Å². The van der Waals surface area contributed by atoms with Crippen LogP contribution < -0.4 is 15.4 Å². The molecule has 0 heterocycles. The second-order valence-corrected chi connectivity index (χ2v) is 6.09. The number of nitrogens with one attached hydrogen (secondary N) is 2. The molecule has 25 heavy (non-hydrogen) atoms. The first-order valence-corrected chi connectivity index (χ1v) is 8.35. The maximum atomic E-state index is 12.4. The molecule has 0 aliphatic heterocycles. The van der Waals surface area contributed by atoms with Crippen molar-refractivity contribution < 1.29 is 14.3 Å². The summed E-state index contributed by atoms with van der Waals surface area (Å²) in [7, 11) is 0. The van der Waals surface area contributed by atoms with Gasteiger partial charge in [0.05, 0.1) is 0 Å². The number of rotatable bonds is 8. The van der Waals surface area contributed by atoms with Gasteiger partial charge in [-0.2, -0.15) is 0 Å². The molecule has 0 saturated heterocycles. The number of para-hydroxylation sites is 1. The fraction of sp³-hybridized carbons (Fsp3) is 0.300. The summed E-state index contributed by atoms with van der Waals surface area (Å²) in [6.45, 7) is 4.09. The zero-order valence-electron chi connectivity index (χ0n) is 14.6. The third-order valence-corrected chi connectivity index (χ3v) is 3.69. The number of amides is 2. The van der Waals surface area contributed by atoms with Gasteiger partial charge in [0.2, 0.25) is 5.91 Å². The lowest BCUT2D eigenvalue weighted by molar-refractivity contribution is -0.131. The van der Waals surface area contributed by atoms with Gasteiger partial charge in [0.1, 0.15) is 11.8 Å². The Morgan fingerprint density at radius 3 is 2.16 bits per heavy atom. The summed E-state index contributed by atoms with van der Waals surface area (Å²) in [5.41, 5.74) is 1.01. The van der Waals surface area contributed by atoms with E-state index in [9.17, 15) is 9.59 Å². The van der Waals surface area contributed by atoms with Crippen molar-refractivity contribution in [2.45, 2.75) is 26.4 Å². The SMILES string of the molecule is CC(C)[C@@H](NC(=O)COc1ccccc1)C(=O)NCc1ccccc1. The van der Waals surface area contributed by atoms with Gasteiger partial charge in [-0.15, -0.1) is 0 Å². The topological polar surface area (TPSA) is 67.4 Å². The van der Waals surface area contributed by atoms with Crippen LogP contribution in [0.3, 0.4) is 0 Å². The third-order valence-electron chi connectivity index (χ3n) is 3.69. The van der Waals surface area contributed by atoms with Gasteiger partial charge >= 0.3 is 0 Å². The van der Waals surface area contributed by atoms with Gasteiger partial charge in [0.15, 0.2) is 6.61 Å². The van der Waals surface area contributed by atoms with Crippen molar-refractivity contribution >= 4 is 11.8 Å². The fourth-order valence-corrected chi connectivity index (χ4v) is 2.31. The second-order valence-electron chi connectivity index (χ2n) is 6.09. The fourth-order valence-electron chi connectivity index (χ4n) is 2.31. The first-order chi connectivity index (χ1) is 12.1. The van der Waals surface area contributed by atoms with E-state index in [0.717, 1.165) is 5.56 Å². The summed E-state index contributed by atoms with van der Waals surface area (Å²) in [6.07, 6.45) is 0. The Balaban J connectivity index is 1.84. The van der Waals surface area contributed by atoms with Crippen LogP contribution in [-0.4, -0.2) is 24.5 Å². The standard InChI is InChI=1S/C20H24N2O3/c1-15(2)19(20(24)21-13-16-9-5-3-6-10-16)22-18(23)14-25-17-11-7-4-8-12-17/h3-12,15,19H,13-14H2,1-2H3,(H,21,24)(H,22,23)/t19-/m1/s1. The Labute approximate surface area is 148 Å². The monoisotopic (exact) mass is 340 g/mol. The number of hydrogen-bond acceptors (Lipinski definition) is 3. The van der Waals surface area contributed by atoms with Gasteiger partial charge in [-0.1, -0.05) is 62.4 Å². The van der Waals surface area contributed by atoms with Crippen LogP contribution in [0.1, 0.15) is 19.4 Å². The van der Waals surface area contributed by atoms with E-state index in [1.165, 1.54) is 0 Å². The van der Waals surface area contributed by atoms with E-state index >= 15 is 0 Å². The predicted octanol–water partition coefficient (Wildman–Crippen LogP) is 2.52. The molecule has 0 saturated carbocycles. The predicted molar refractivity (Wildman–Crippen MR) is 97.0 cm³/mol. The molecule has 0 spiro atoms. The molecule has 2 N–H and O–H groups in total. The molecule has 0 bridgehead atoms. The molecule has 0 radical (unpaired) electrons. The van der Waals surface area contributed by atoms with E-state index in [4.69, 9.17) is 4.74 Å². The minimum Gasteiger partial charge on any atom is -0.484 e. The molecule has 2 aromatic rings. The Morgan fingerprint density at radius 1 is 0.960 bits per heavy atom. The Morgan fingerprint density at radius 2 is 1.56 bits per heavy atom. The van der Waals surface area contributed by atoms with Crippen LogP contribution in [0.25, 0.3) is 0 Å². The molecule has 132 valence electrons. The molecule has 0 aliphatic carbocycles. The number of carbonyl (C=O) groups is 2. The molecule has 5 heteroatoms. The van der Waals surface area contributed by atoms with Crippen LogP contribution in [0.15, 0.2) is 60.7 Å². The smallest absolute Gasteiger partial charge is 0.258 e. The van der Waals surface area contributed by atoms with Gasteiger partial charge in [0, 0.05) is 6.54 Å². The number of ether oxygens (including phenoxy) is 1. The van der Waals surface area contributed by atoms with Gasteiger partial charge in [-0.25, -0.2) is 0 Å². The van der Waals surface area contributed by atoms with Gasteiger partial charge in [-0.05, 0) is 23.6 Å². The zero-order valence-corrected chi connectivity index (χ0v) is 14.6. The first kappa shape index (κ1) is 18.5. The molecule has 0 unspecified atom stereocenters. The summed E-state index contributed by atoms with van der Waals surface area (Å²) < 4.78 is 5.41. The van der Waals surface area contributed by atoms with Crippen molar-refractivity contribution in [1.29, 1.82) is 0 Å². The van der Waals surface area contributed by atoms with E-state index in [1.54, 1.807) is 12.1 Å². The highest BCUT2D eigenvalue weighted by atomic mass is 16.5. The highest BCUT2D eigenvalue weighted by Crippen LogP contribution is 2.08. The van der Waals surface area contributed by atoms with Crippen LogP contribution in [0.4, 0.5) is 0 Å².